The number of carbonyl (C=O) groups excluding carboxylic acids is 3. The summed E-state index contributed by atoms with van der Waals surface area (Å²) in [6, 6.07) is 9.16. The predicted octanol–water partition coefficient (Wildman–Crippen LogP) is 1.97. The minimum atomic E-state index is -0.445. The van der Waals surface area contributed by atoms with Crippen molar-refractivity contribution in [2.45, 2.75) is 38.6 Å². The second kappa shape index (κ2) is 10.3. The van der Waals surface area contributed by atoms with Crippen LogP contribution in [0.15, 0.2) is 24.3 Å². The first-order chi connectivity index (χ1) is 15.0. The fourth-order valence-electron chi connectivity index (χ4n) is 4.41. The molecule has 0 unspecified atom stereocenters. The van der Waals surface area contributed by atoms with Crippen molar-refractivity contribution in [1.29, 1.82) is 5.26 Å². The highest BCUT2D eigenvalue weighted by Gasteiger charge is 2.45. The van der Waals surface area contributed by atoms with Gasteiger partial charge in [0.1, 0.15) is 12.2 Å². The molecular formula is C23H30N4O4. The van der Waals surface area contributed by atoms with Crippen LogP contribution in [0.2, 0.25) is 0 Å². The van der Waals surface area contributed by atoms with Crippen molar-refractivity contribution in [3.8, 4) is 11.8 Å². The van der Waals surface area contributed by atoms with Crippen molar-refractivity contribution < 1.29 is 19.1 Å². The Kier molecular flexibility index (Phi) is 7.50. The molecule has 8 nitrogen and oxygen atoms in total. The number of unbranched alkanes of at least 4 members (excludes halogenated alkanes) is 1. The number of nitriles is 1. The number of benzene rings is 1. The van der Waals surface area contributed by atoms with E-state index in [1.807, 2.05) is 35.2 Å². The zero-order chi connectivity index (χ0) is 22.4. The summed E-state index contributed by atoms with van der Waals surface area (Å²) in [5.41, 5.74) is 0.934. The number of methoxy groups -OCH3 is 1. The molecule has 0 N–H and O–H groups in total. The topological polar surface area (TPSA) is 94.0 Å². The summed E-state index contributed by atoms with van der Waals surface area (Å²) in [5.74, 6) is 0.0526. The highest BCUT2D eigenvalue weighted by molar-refractivity contribution is 5.90. The van der Waals surface area contributed by atoms with Crippen LogP contribution < -0.4 is 4.74 Å². The fraction of sp³-hybridized carbons (Fsp3) is 0.565. The molecule has 2 aliphatic rings. The summed E-state index contributed by atoms with van der Waals surface area (Å²) < 4.78 is 5.25. The zero-order valence-electron chi connectivity index (χ0n) is 18.2. The van der Waals surface area contributed by atoms with Gasteiger partial charge in [-0.3, -0.25) is 14.4 Å². The largest absolute Gasteiger partial charge is 0.497 e. The molecule has 1 aromatic rings. The predicted molar refractivity (Wildman–Crippen MR) is 114 cm³/mol. The second-order valence-electron chi connectivity index (χ2n) is 8.01. The molecular weight excluding hydrogens is 396 g/mol. The quantitative estimate of drug-likeness (QED) is 0.664. The Morgan fingerprint density at radius 1 is 1.13 bits per heavy atom. The first-order valence-corrected chi connectivity index (χ1v) is 10.9. The molecule has 2 heterocycles. The van der Waals surface area contributed by atoms with Crippen molar-refractivity contribution >= 4 is 17.7 Å². The molecule has 0 saturated carbocycles. The first kappa shape index (κ1) is 22.6. The molecule has 0 spiro atoms. The lowest BCUT2D eigenvalue weighted by Crippen LogP contribution is -2.52. The van der Waals surface area contributed by atoms with E-state index in [-0.39, 0.29) is 36.6 Å². The summed E-state index contributed by atoms with van der Waals surface area (Å²) in [4.78, 5) is 43.5. The van der Waals surface area contributed by atoms with Crippen LogP contribution in [0.25, 0.3) is 0 Å². The van der Waals surface area contributed by atoms with Gasteiger partial charge in [-0.05, 0) is 24.1 Å². The van der Waals surface area contributed by atoms with E-state index < -0.39 is 5.92 Å². The highest BCUT2D eigenvalue weighted by Crippen LogP contribution is 2.40. The van der Waals surface area contributed by atoms with Crippen molar-refractivity contribution in [1.82, 2.24) is 14.7 Å². The molecule has 2 saturated heterocycles. The van der Waals surface area contributed by atoms with Crippen LogP contribution in [0.3, 0.4) is 0 Å². The van der Waals surface area contributed by atoms with Crippen molar-refractivity contribution in [3.63, 3.8) is 0 Å². The Labute approximate surface area is 183 Å². The van der Waals surface area contributed by atoms with Crippen molar-refractivity contribution in [2.24, 2.45) is 5.92 Å². The molecule has 2 aliphatic heterocycles. The number of rotatable bonds is 7. The van der Waals surface area contributed by atoms with Crippen LogP contribution in [0.5, 0.6) is 5.75 Å². The Bertz CT molecular complexity index is 840. The molecule has 2 atom stereocenters. The summed E-state index contributed by atoms with van der Waals surface area (Å²) in [7, 11) is 1.61. The van der Waals surface area contributed by atoms with Crippen LogP contribution in [-0.2, 0) is 14.4 Å². The first-order valence-electron chi connectivity index (χ1n) is 10.9. The highest BCUT2D eigenvalue weighted by atomic mass is 16.5. The van der Waals surface area contributed by atoms with Gasteiger partial charge in [0.25, 0.3) is 0 Å². The lowest BCUT2D eigenvalue weighted by Gasteiger charge is -2.37. The molecule has 1 aromatic carbocycles. The van der Waals surface area contributed by atoms with E-state index in [4.69, 9.17) is 10.00 Å². The van der Waals surface area contributed by atoms with Gasteiger partial charge in [-0.2, -0.15) is 5.26 Å². The molecule has 3 rings (SSSR count). The lowest BCUT2D eigenvalue weighted by molar-refractivity contribution is -0.142. The number of nitrogens with zero attached hydrogens (tertiary/aromatic N) is 4. The van der Waals surface area contributed by atoms with Gasteiger partial charge in [-0.15, -0.1) is 0 Å². The van der Waals surface area contributed by atoms with Crippen LogP contribution in [0.4, 0.5) is 0 Å². The Hall–Kier alpha value is -3.08. The van der Waals surface area contributed by atoms with Gasteiger partial charge in [0.2, 0.25) is 17.7 Å². The molecule has 0 aromatic heterocycles. The number of piperazine rings is 1. The Balaban J connectivity index is 1.77. The number of ether oxygens (including phenoxy) is 1. The molecule has 0 aliphatic carbocycles. The molecule has 8 heteroatoms. The smallest absolute Gasteiger partial charge is 0.236 e. The van der Waals surface area contributed by atoms with E-state index in [9.17, 15) is 14.4 Å². The maximum atomic E-state index is 13.4. The van der Waals surface area contributed by atoms with Crippen LogP contribution in [0, 0.1) is 17.2 Å². The summed E-state index contributed by atoms with van der Waals surface area (Å²) in [6.45, 7) is 4.39. The van der Waals surface area contributed by atoms with Gasteiger partial charge < -0.3 is 19.4 Å². The molecule has 3 amide bonds. The van der Waals surface area contributed by atoms with Gasteiger partial charge in [-0.25, -0.2) is 0 Å². The van der Waals surface area contributed by atoms with Gasteiger partial charge in [0, 0.05) is 39.1 Å². The van der Waals surface area contributed by atoms with Gasteiger partial charge in [-0.1, -0.05) is 25.5 Å². The standard InChI is InChI=1S/C23H30N4O4/c1-3-4-11-27-21(29)16-19(22(27)17-5-7-18(31-2)8-6-17)23(30)26-14-12-25(13-15-26)20(28)9-10-24/h5-8,19,22H,3-4,9,11-16H2,1-2H3/t19-,22-/m1/s1. The molecule has 0 radical (unpaired) electrons. The van der Waals surface area contributed by atoms with E-state index in [1.54, 1.807) is 16.9 Å². The maximum Gasteiger partial charge on any atom is 0.236 e. The molecule has 31 heavy (non-hydrogen) atoms. The van der Waals surface area contributed by atoms with E-state index in [1.165, 1.54) is 0 Å². The van der Waals surface area contributed by atoms with Gasteiger partial charge in [0.15, 0.2) is 0 Å². The van der Waals surface area contributed by atoms with E-state index >= 15 is 0 Å². The summed E-state index contributed by atoms with van der Waals surface area (Å²) in [5, 5.41) is 8.73. The van der Waals surface area contributed by atoms with E-state index in [0.717, 1.165) is 24.2 Å². The fourth-order valence-corrected chi connectivity index (χ4v) is 4.41. The monoisotopic (exact) mass is 426 g/mol. The van der Waals surface area contributed by atoms with Gasteiger partial charge in [0.05, 0.1) is 25.1 Å². The molecule has 0 bridgehead atoms. The number of likely N-dealkylation sites (tertiary alicyclic amines) is 1. The Morgan fingerprint density at radius 2 is 1.77 bits per heavy atom. The average Bonchev–Trinajstić information content (AvgIpc) is 3.13. The second-order valence-corrected chi connectivity index (χ2v) is 8.01. The molecule has 166 valence electrons. The number of hydrogen-bond acceptors (Lipinski definition) is 5. The zero-order valence-corrected chi connectivity index (χ0v) is 18.2. The van der Waals surface area contributed by atoms with Crippen LogP contribution in [-0.4, -0.2) is 72.3 Å². The van der Waals surface area contributed by atoms with Crippen molar-refractivity contribution in [3.05, 3.63) is 29.8 Å². The number of hydrogen-bond donors (Lipinski definition) is 0. The van der Waals surface area contributed by atoms with Gasteiger partial charge >= 0.3 is 0 Å². The average molecular weight is 427 g/mol. The summed E-state index contributed by atoms with van der Waals surface area (Å²) in [6.07, 6.45) is 1.92. The SMILES string of the molecule is CCCCN1C(=O)C[C@@H](C(=O)N2CCN(C(=O)CC#N)CC2)[C@H]1c1ccc(OC)cc1. The van der Waals surface area contributed by atoms with Crippen LogP contribution in [0.1, 0.15) is 44.2 Å². The van der Waals surface area contributed by atoms with Crippen LogP contribution >= 0.6 is 0 Å². The normalized spacial score (nSPS) is 21.2. The minimum absolute atomic E-state index is 0.00968. The molecule has 2 fully saturated rings. The van der Waals surface area contributed by atoms with E-state index in [2.05, 4.69) is 6.92 Å². The Morgan fingerprint density at radius 3 is 2.35 bits per heavy atom. The van der Waals surface area contributed by atoms with Crippen molar-refractivity contribution in [2.75, 3.05) is 39.8 Å². The lowest BCUT2D eigenvalue weighted by atomic mass is 9.91. The number of carbonyl (C=O) groups is 3. The maximum absolute atomic E-state index is 13.4. The third-order valence-corrected chi connectivity index (χ3v) is 6.13. The third kappa shape index (κ3) is 4.98. The third-order valence-electron chi connectivity index (χ3n) is 6.13. The minimum Gasteiger partial charge on any atom is -0.497 e. The summed E-state index contributed by atoms with van der Waals surface area (Å²) >= 11 is 0. The van der Waals surface area contributed by atoms with E-state index in [0.29, 0.717) is 32.7 Å². The number of amides is 3.